The van der Waals surface area contributed by atoms with Gasteiger partial charge in [-0.2, -0.15) is 5.92 Å². The van der Waals surface area contributed by atoms with Crippen molar-refractivity contribution >= 4 is 0 Å². The Morgan fingerprint density at radius 2 is 1.38 bits per heavy atom. The maximum atomic E-state index is 3.89. The summed E-state index contributed by atoms with van der Waals surface area (Å²) in [5, 5.41) is 0. The molecular weight excluding hydrogens is 324 g/mol. The molecular formula is C23H30Ti. The third kappa shape index (κ3) is 8.22. The minimum atomic E-state index is 0. The van der Waals surface area contributed by atoms with E-state index in [1.807, 2.05) is 64.2 Å². The monoisotopic (exact) mass is 354 g/mol. The summed E-state index contributed by atoms with van der Waals surface area (Å²) < 4.78 is 0. The van der Waals surface area contributed by atoms with Crippen LogP contribution in [-0.2, 0) is 21.7 Å². The van der Waals surface area contributed by atoms with E-state index in [9.17, 15) is 0 Å². The molecule has 0 aromatic rings. The van der Waals surface area contributed by atoms with Crippen LogP contribution in [0.1, 0.15) is 33.1 Å². The van der Waals surface area contributed by atoms with E-state index in [1.165, 1.54) is 19.3 Å². The molecule has 4 aliphatic carbocycles. The molecule has 3 atom stereocenters. The SMILES string of the molecule is C=CC(C)(C)[CH-]C1[CH-]C2CCC1C2.[CH]1[CH][CH][CH][CH]1.[CH]1[CH][CH][CH][CH]1.[Ti+2]. The van der Waals surface area contributed by atoms with Crippen molar-refractivity contribution < 1.29 is 21.7 Å². The summed E-state index contributed by atoms with van der Waals surface area (Å²) in [4.78, 5) is 0. The number of allylic oxidation sites excluding steroid dienone is 1. The summed E-state index contributed by atoms with van der Waals surface area (Å²) in [6.45, 7) is 8.39. The van der Waals surface area contributed by atoms with Crippen molar-refractivity contribution in [3.8, 4) is 0 Å². The molecule has 0 aromatic carbocycles. The zero-order valence-corrected chi connectivity index (χ0v) is 16.6. The molecule has 126 valence electrons. The van der Waals surface area contributed by atoms with Crippen molar-refractivity contribution in [3.63, 3.8) is 0 Å². The molecule has 0 saturated heterocycles. The summed E-state index contributed by atoms with van der Waals surface area (Å²) in [5.74, 6) is 2.67. The minimum absolute atomic E-state index is 0. The molecule has 0 amide bonds. The number of fused-ring (bicyclic) bond motifs is 2. The molecule has 0 spiro atoms. The molecule has 0 heterocycles. The van der Waals surface area contributed by atoms with E-state index in [-0.39, 0.29) is 27.1 Å². The molecule has 4 saturated carbocycles. The van der Waals surface area contributed by atoms with Gasteiger partial charge in [0.2, 0.25) is 0 Å². The van der Waals surface area contributed by atoms with Gasteiger partial charge in [-0.05, 0) is 64.2 Å². The second kappa shape index (κ2) is 12.0. The average molecular weight is 354 g/mol. The van der Waals surface area contributed by atoms with E-state index in [0.717, 1.165) is 17.8 Å². The topological polar surface area (TPSA) is 0 Å². The van der Waals surface area contributed by atoms with Crippen molar-refractivity contribution in [1.29, 1.82) is 0 Å². The van der Waals surface area contributed by atoms with Gasteiger partial charge < -0.3 is 12.8 Å². The third-order valence-corrected chi connectivity index (χ3v) is 4.81. The molecule has 0 N–H and O–H groups in total. The van der Waals surface area contributed by atoms with Crippen LogP contribution < -0.4 is 0 Å². The predicted molar refractivity (Wildman–Crippen MR) is 99.9 cm³/mol. The Morgan fingerprint density at radius 3 is 1.67 bits per heavy atom. The first-order valence-corrected chi connectivity index (χ1v) is 8.79. The molecule has 2 bridgehead atoms. The fraction of sp³-hybridized carbons (Fsp3) is 0.391. The Balaban J connectivity index is 0.000000216. The first kappa shape index (κ1) is 22.5. The Labute approximate surface area is 167 Å². The van der Waals surface area contributed by atoms with Crippen molar-refractivity contribution in [3.05, 3.63) is 89.7 Å². The first-order valence-electron chi connectivity index (χ1n) is 8.79. The van der Waals surface area contributed by atoms with Crippen LogP contribution in [-0.4, -0.2) is 0 Å². The fourth-order valence-corrected chi connectivity index (χ4v) is 3.45. The van der Waals surface area contributed by atoms with Gasteiger partial charge in [-0.25, -0.2) is 0 Å². The standard InChI is InChI=1S/C13H20.2C5H5.Ti/c1-4-13(2,3)9-12-8-10-5-6-11(12)7-10;2*1-2-4-5-3-1;/h4,8-12H,1,5-7H2,2-3H3;2*1-5H;/q-2;;;+2. The normalized spacial score (nSPS) is 30.7. The van der Waals surface area contributed by atoms with Gasteiger partial charge in [0.25, 0.3) is 0 Å². The molecule has 4 rings (SSSR count). The molecule has 3 unspecified atom stereocenters. The van der Waals surface area contributed by atoms with Crippen LogP contribution >= 0.6 is 0 Å². The van der Waals surface area contributed by atoms with E-state index in [2.05, 4.69) is 39.3 Å². The second-order valence-corrected chi connectivity index (χ2v) is 7.22. The fourth-order valence-electron chi connectivity index (χ4n) is 3.45. The van der Waals surface area contributed by atoms with Crippen LogP contribution in [0.3, 0.4) is 0 Å². The van der Waals surface area contributed by atoms with Gasteiger partial charge in [0.05, 0.1) is 0 Å². The van der Waals surface area contributed by atoms with Gasteiger partial charge in [-0.3, -0.25) is 5.92 Å². The van der Waals surface area contributed by atoms with E-state index in [1.54, 1.807) is 0 Å². The van der Waals surface area contributed by atoms with E-state index >= 15 is 0 Å². The molecule has 0 aliphatic heterocycles. The summed E-state index contributed by atoms with van der Waals surface area (Å²) in [6.07, 6.45) is 31.5. The maximum absolute atomic E-state index is 3.89. The van der Waals surface area contributed by atoms with E-state index in [0.29, 0.717) is 0 Å². The Morgan fingerprint density at radius 1 is 0.917 bits per heavy atom. The van der Waals surface area contributed by atoms with Gasteiger partial charge in [0.15, 0.2) is 0 Å². The molecule has 4 aliphatic rings. The van der Waals surface area contributed by atoms with Crippen molar-refractivity contribution in [2.24, 2.45) is 23.2 Å². The van der Waals surface area contributed by atoms with Crippen LogP contribution in [0, 0.1) is 100 Å². The Kier molecular flexibility index (Phi) is 11.2. The molecule has 0 aromatic heterocycles. The van der Waals surface area contributed by atoms with Gasteiger partial charge in [-0.1, -0.05) is 39.0 Å². The zero-order chi connectivity index (χ0) is 16.5. The van der Waals surface area contributed by atoms with Crippen LogP contribution in [0.25, 0.3) is 0 Å². The number of hydrogen-bond donors (Lipinski definition) is 0. The van der Waals surface area contributed by atoms with E-state index in [4.69, 9.17) is 0 Å². The van der Waals surface area contributed by atoms with Gasteiger partial charge in [0, 0.05) is 0 Å². The predicted octanol–water partition coefficient (Wildman–Crippen LogP) is 5.69. The van der Waals surface area contributed by atoms with Crippen molar-refractivity contribution in [2.75, 3.05) is 0 Å². The molecule has 10 radical (unpaired) electrons. The molecule has 1 heteroatoms. The van der Waals surface area contributed by atoms with Gasteiger partial charge in [-0.15, -0.1) is 18.1 Å². The summed E-state index contributed by atoms with van der Waals surface area (Å²) in [5.41, 5.74) is 0.214. The van der Waals surface area contributed by atoms with Crippen molar-refractivity contribution in [1.82, 2.24) is 0 Å². The van der Waals surface area contributed by atoms with Crippen LogP contribution in [0.4, 0.5) is 0 Å². The summed E-state index contributed by atoms with van der Waals surface area (Å²) in [7, 11) is 0. The van der Waals surface area contributed by atoms with Crippen molar-refractivity contribution in [2.45, 2.75) is 33.1 Å². The Bertz CT molecular complexity index is 300. The van der Waals surface area contributed by atoms with Crippen LogP contribution in [0.2, 0.25) is 0 Å². The van der Waals surface area contributed by atoms with Crippen LogP contribution in [0.5, 0.6) is 0 Å². The number of hydrogen-bond acceptors (Lipinski definition) is 0. The third-order valence-electron chi connectivity index (χ3n) is 4.81. The quantitative estimate of drug-likeness (QED) is 0.347. The Hall–Kier alpha value is 0.454. The van der Waals surface area contributed by atoms with Gasteiger partial charge in [0.1, 0.15) is 0 Å². The second-order valence-electron chi connectivity index (χ2n) is 7.22. The number of rotatable bonds is 3. The summed E-state index contributed by atoms with van der Waals surface area (Å²) >= 11 is 0. The smallest absolute Gasteiger partial charge is 0.351 e. The zero-order valence-electron chi connectivity index (χ0n) is 15.1. The minimum Gasteiger partial charge on any atom is -0.351 e. The van der Waals surface area contributed by atoms with Crippen LogP contribution in [0.15, 0.2) is 12.7 Å². The molecule has 4 fully saturated rings. The first-order chi connectivity index (χ1) is 11.1. The van der Waals surface area contributed by atoms with Gasteiger partial charge >= 0.3 is 21.7 Å². The summed E-state index contributed by atoms with van der Waals surface area (Å²) in [6, 6.07) is 0. The molecule has 24 heavy (non-hydrogen) atoms. The largest absolute Gasteiger partial charge is 2.00 e. The maximum Gasteiger partial charge on any atom is 2.00 e. The van der Waals surface area contributed by atoms with E-state index < -0.39 is 0 Å². The molecule has 0 nitrogen and oxygen atoms in total. The average Bonchev–Trinajstić information content (AvgIpc) is 3.34.